The monoisotopic (exact) mass is 440 g/mol. The minimum atomic E-state index is -0.160. The van der Waals surface area contributed by atoms with Gasteiger partial charge < -0.3 is 4.79 Å². The fourth-order valence-corrected chi connectivity index (χ4v) is 11.5. The molecule has 0 aliphatic heterocycles. The normalized spacial score (nSPS) is 55.2. The molecule has 5 saturated carbocycles. The highest BCUT2D eigenvalue weighted by atomic mass is 16.1. The molecule has 5 rings (SSSR count). The van der Waals surface area contributed by atoms with Crippen LogP contribution in [0, 0.1) is 62.6 Å². The second-order valence-corrected chi connectivity index (χ2v) is 14.7. The number of ketones is 1. The van der Waals surface area contributed by atoms with Crippen LogP contribution in [0.1, 0.15) is 113 Å². The molecule has 10 atom stereocenters. The van der Waals surface area contributed by atoms with Gasteiger partial charge in [0, 0.05) is 17.8 Å². The average molecular weight is 441 g/mol. The van der Waals surface area contributed by atoms with Crippen LogP contribution in [-0.2, 0) is 9.59 Å². The van der Waals surface area contributed by atoms with E-state index in [0.717, 1.165) is 24.7 Å². The van der Waals surface area contributed by atoms with Gasteiger partial charge in [0.25, 0.3) is 0 Å². The Morgan fingerprint density at radius 2 is 1.53 bits per heavy atom. The lowest BCUT2D eigenvalue weighted by Gasteiger charge is -2.72. The van der Waals surface area contributed by atoms with E-state index in [0.29, 0.717) is 45.2 Å². The van der Waals surface area contributed by atoms with Crippen LogP contribution in [0.2, 0.25) is 0 Å². The SMILES string of the molecule is C[C@@H](C=O)[C@@H]1CC[C@]2(C)CC[C@]3(C)[C@H](CC[C@@H]4[C@@]5(C)CCC(=O)C(C)(C)[C@@H]5CC[C@]43C)[C@@H]12. The second kappa shape index (κ2) is 6.94. The lowest BCUT2D eigenvalue weighted by Crippen LogP contribution is -2.66. The first-order valence-electron chi connectivity index (χ1n) is 13.8. The van der Waals surface area contributed by atoms with Gasteiger partial charge in [0.15, 0.2) is 0 Å². The number of Topliss-reactive ketones (excluding diaryl/α,β-unsaturated/α-hetero) is 1. The third-order valence-electron chi connectivity index (χ3n) is 13.5. The first kappa shape index (κ1) is 23.1. The molecule has 0 saturated heterocycles. The van der Waals surface area contributed by atoms with Gasteiger partial charge in [-0.05, 0) is 109 Å². The number of carbonyl (C=O) groups is 2. The molecule has 0 aromatic carbocycles. The van der Waals surface area contributed by atoms with Gasteiger partial charge in [-0.15, -0.1) is 0 Å². The lowest BCUT2D eigenvalue weighted by molar-refractivity contribution is -0.234. The summed E-state index contributed by atoms with van der Waals surface area (Å²) in [6.45, 7) is 17.2. The van der Waals surface area contributed by atoms with Gasteiger partial charge >= 0.3 is 0 Å². The number of carbonyl (C=O) groups excluding carboxylic acids is 2. The predicted molar refractivity (Wildman–Crippen MR) is 130 cm³/mol. The molecule has 5 fully saturated rings. The molecule has 0 spiro atoms. The fourth-order valence-electron chi connectivity index (χ4n) is 11.5. The van der Waals surface area contributed by atoms with Gasteiger partial charge in [0.2, 0.25) is 0 Å². The zero-order valence-corrected chi connectivity index (χ0v) is 21.9. The molecule has 180 valence electrons. The van der Waals surface area contributed by atoms with Crippen LogP contribution in [0.25, 0.3) is 0 Å². The predicted octanol–water partition coefficient (Wildman–Crippen LogP) is 7.49. The zero-order valence-electron chi connectivity index (χ0n) is 21.9. The summed E-state index contributed by atoms with van der Waals surface area (Å²) < 4.78 is 0. The average Bonchev–Trinajstić information content (AvgIpc) is 3.09. The van der Waals surface area contributed by atoms with Crippen molar-refractivity contribution in [2.45, 2.75) is 113 Å². The Bertz CT molecular complexity index is 814. The molecule has 0 aromatic heterocycles. The van der Waals surface area contributed by atoms with E-state index in [-0.39, 0.29) is 11.3 Å². The van der Waals surface area contributed by atoms with Crippen LogP contribution in [0.3, 0.4) is 0 Å². The van der Waals surface area contributed by atoms with Crippen molar-refractivity contribution in [3.8, 4) is 0 Å². The Hall–Kier alpha value is -0.660. The van der Waals surface area contributed by atoms with Crippen molar-refractivity contribution in [2.75, 3.05) is 0 Å². The quantitative estimate of drug-likeness (QED) is 0.417. The maximum atomic E-state index is 12.9. The Balaban J connectivity index is 1.54. The fraction of sp³-hybridized carbons (Fsp3) is 0.933. The van der Waals surface area contributed by atoms with Gasteiger partial charge in [-0.1, -0.05) is 48.5 Å². The topological polar surface area (TPSA) is 34.1 Å². The van der Waals surface area contributed by atoms with Crippen LogP contribution in [0.4, 0.5) is 0 Å². The molecule has 0 N–H and O–H groups in total. The van der Waals surface area contributed by atoms with E-state index in [1.165, 1.54) is 57.7 Å². The summed E-state index contributed by atoms with van der Waals surface area (Å²) in [4.78, 5) is 24.8. The van der Waals surface area contributed by atoms with E-state index in [1.807, 2.05) is 0 Å². The first-order valence-corrected chi connectivity index (χ1v) is 13.8. The smallest absolute Gasteiger partial charge is 0.138 e. The van der Waals surface area contributed by atoms with Gasteiger partial charge in [0.05, 0.1) is 0 Å². The molecular formula is C30H48O2. The highest BCUT2D eigenvalue weighted by Crippen LogP contribution is 2.77. The minimum absolute atomic E-state index is 0.160. The molecule has 0 heterocycles. The van der Waals surface area contributed by atoms with E-state index >= 15 is 0 Å². The Morgan fingerprint density at radius 3 is 2.22 bits per heavy atom. The van der Waals surface area contributed by atoms with Crippen molar-refractivity contribution >= 4 is 12.1 Å². The summed E-state index contributed by atoms with van der Waals surface area (Å²) in [7, 11) is 0. The van der Waals surface area contributed by atoms with Crippen molar-refractivity contribution in [1.82, 2.24) is 0 Å². The molecule has 2 nitrogen and oxygen atoms in total. The number of rotatable bonds is 2. The molecule has 0 aromatic rings. The summed E-state index contributed by atoms with van der Waals surface area (Å²) in [6, 6.07) is 0. The molecule has 0 bridgehead atoms. The number of fused-ring (bicyclic) bond motifs is 7. The summed E-state index contributed by atoms with van der Waals surface area (Å²) in [5, 5.41) is 0. The number of aldehydes is 1. The van der Waals surface area contributed by atoms with E-state index < -0.39 is 0 Å². The Labute approximate surface area is 197 Å². The summed E-state index contributed by atoms with van der Waals surface area (Å²) >= 11 is 0. The Kier molecular flexibility index (Phi) is 5.01. The maximum Gasteiger partial charge on any atom is 0.138 e. The summed E-state index contributed by atoms with van der Waals surface area (Å²) in [6.07, 6.45) is 13.6. The van der Waals surface area contributed by atoms with Crippen LogP contribution in [0.5, 0.6) is 0 Å². The van der Waals surface area contributed by atoms with Crippen molar-refractivity contribution in [3.05, 3.63) is 0 Å². The third-order valence-corrected chi connectivity index (χ3v) is 13.5. The summed E-state index contributed by atoms with van der Waals surface area (Å²) in [5.41, 5.74) is 1.30. The van der Waals surface area contributed by atoms with Crippen molar-refractivity contribution in [1.29, 1.82) is 0 Å². The highest BCUT2D eigenvalue weighted by molar-refractivity contribution is 5.85. The molecule has 32 heavy (non-hydrogen) atoms. The molecule has 5 aliphatic rings. The molecule has 0 radical (unpaired) electrons. The largest absolute Gasteiger partial charge is 0.303 e. The highest BCUT2D eigenvalue weighted by Gasteiger charge is 2.70. The minimum Gasteiger partial charge on any atom is -0.303 e. The molecule has 5 aliphatic carbocycles. The van der Waals surface area contributed by atoms with Crippen molar-refractivity contribution in [2.24, 2.45) is 62.6 Å². The van der Waals surface area contributed by atoms with E-state index in [4.69, 9.17) is 0 Å². The standard InChI is InChI=1S/C30H48O2/c1-19(18-31)20-10-13-27(4)16-17-29(6)21(25(20)27)8-9-23-28(5)14-12-24(32)26(2,3)22(28)11-15-30(23,29)7/h18-23,25H,8-17H2,1-7H3/t19-,20-,21+,22-,23+,25+,27+,28-,29+,30+/m0/s1. The van der Waals surface area contributed by atoms with E-state index in [1.54, 1.807) is 0 Å². The van der Waals surface area contributed by atoms with Crippen LogP contribution in [0.15, 0.2) is 0 Å². The van der Waals surface area contributed by atoms with E-state index in [2.05, 4.69) is 48.5 Å². The molecular weight excluding hydrogens is 392 g/mol. The maximum absolute atomic E-state index is 12.9. The molecule has 0 unspecified atom stereocenters. The van der Waals surface area contributed by atoms with Gasteiger partial charge in [-0.3, -0.25) is 4.79 Å². The van der Waals surface area contributed by atoms with E-state index in [9.17, 15) is 9.59 Å². The lowest BCUT2D eigenvalue weighted by atomic mass is 9.32. The van der Waals surface area contributed by atoms with Gasteiger partial charge in [-0.2, -0.15) is 0 Å². The Morgan fingerprint density at radius 1 is 0.812 bits per heavy atom. The van der Waals surface area contributed by atoms with Crippen LogP contribution >= 0.6 is 0 Å². The van der Waals surface area contributed by atoms with Crippen LogP contribution in [-0.4, -0.2) is 12.1 Å². The zero-order chi connectivity index (χ0) is 23.3. The van der Waals surface area contributed by atoms with Gasteiger partial charge in [0.1, 0.15) is 12.1 Å². The summed E-state index contributed by atoms with van der Waals surface area (Å²) in [5.74, 6) is 4.04. The van der Waals surface area contributed by atoms with Gasteiger partial charge in [-0.25, -0.2) is 0 Å². The second-order valence-electron chi connectivity index (χ2n) is 14.7. The first-order chi connectivity index (χ1) is 14.8. The molecule has 2 heteroatoms. The van der Waals surface area contributed by atoms with Crippen molar-refractivity contribution < 1.29 is 9.59 Å². The molecule has 0 amide bonds. The van der Waals surface area contributed by atoms with Crippen molar-refractivity contribution in [3.63, 3.8) is 0 Å². The number of hydrogen-bond donors (Lipinski definition) is 0. The number of hydrogen-bond acceptors (Lipinski definition) is 2. The van der Waals surface area contributed by atoms with Crippen LogP contribution < -0.4 is 0 Å². The third kappa shape index (κ3) is 2.65.